The maximum absolute atomic E-state index is 14.4. The summed E-state index contributed by atoms with van der Waals surface area (Å²) in [6.07, 6.45) is 6.41. The summed E-state index contributed by atoms with van der Waals surface area (Å²) in [7, 11) is 1.69. The van der Waals surface area contributed by atoms with Crippen molar-refractivity contribution in [1.29, 1.82) is 0 Å². The van der Waals surface area contributed by atoms with Gasteiger partial charge in [0.2, 0.25) is 0 Å². The molecule has 3 aromatic heterocycles. The second-order valence-corrected chi connectivity index (χ2v) is 10.1. The first-order chi connectivity index (χ1) is 19.4. The average Bonchev–Trinajstić information content (AvgIpc) is 3.52. The monoisotopic (exact) mass is 542 g/mol. The van der Waals surface area contributed by atoms with Gasteiger partial charge in [0.1, 0.15) is 28.8 Å². The van der Waals surface area contributed by atoms with Gasteiger partial charge in [-0.1, -0.05) is 30.3 Å². The molecule has 0 aliphatic heterocycles. The number of nitrogens with zero attached hydrogens (tertiary/aromatic N) is 4. The number of aryl methyl sites for hydroxylation is 1. The third-order valence-electron chi connectivity index (χ3n) is 7.33. The van der Waals surface area contributed by atoms with Crippen LogP contribution in [0.15, 0.2) is 60.9 Å². The van der Waals surface area contributed by atoms with Crippen LogP contribution in [-0.2, 0) is 7.05 Å². The highest BCUT2D eigenvalue weighted by molar-refractivity contribution is 5.98. The van der Waals surface area contributed by atoms with Gasteiger partial charge in [-0.3, -0.25) is 9.48 Å². The lowest BCUT2D eigenvalue weighted by molar-refractivity contribution is 0.0927. The predicted molar refractivity (Wildman–Crippen MR) is 149 cm³/mol. The number of carbonyl (C=O) groups excluding carboxylic acids is 1. The quantitative estimate of drug-likeness (QED) is 0.238. The molecular formula is C29H28F2N8O. The zero-order valence-electron chi connectivity index (χ0n) is 21.8. The van der Waals surface area contributed by atoms with Crippen molar-refractivity contribution in [2.24, 2.45) is 7.05 Å². The second kappa shape index (κ2) is 10.4. The molecule has 40 heavy (non-hydrogen) atoms. The lowest BCUT2D eigenvalue weighted by Crippen LogP contribution is -2.42. The number of anilines is 2. The van der Waals surface area contributed by atoms with Crippen LogP contribution in [0.2, 0.25) is 0 Å². The predicted octanol–water partition coefficient (Wildman–Crippen LogP) is 5.04. The fourth-order valence-corrected chi connectivity index (χ4v) is 5.28. The molecule has 5 aromatic rings. The van der Waals surface area contributed by atoms with Gasteiger partial charge in [0.25, 0.3) is 5.91 Å². The van der Waals surface area contributed by atoms with Crippen LogP contribution in [0.3, 0.4) is 0 Å². The van der Waals surface area contributed by atoms with Crippen molar-refractivity contribution < 1.29 is 13.6 Å². The van der Waals surface area contributed by atoms with Crippen LogP contribution < -0.4 is 16.4 Å². The van der Waals surface area contributed by atoms with E-state index in [1.165, 1.54) is 16.9 Å². The van der Waals surface area contributed by atoms with E-state index >= 15 is 0 Å². The van der Waals surface area contributed by atoms with Crippen LogP contribution >= 0.6 is 0 Å². The highest BCUT2D eigenvalue weighted by Gasteiger charge is 2.26. The summed E-state index contributed by atoms with van der Waals surface area (Å²) >= 11 is 0. The number of nitrogens with one attached hydrogen (secondary N) is 3. The lowest BCUT2D eigenvalue weighted by Gasteiger charge is -2.30. The third-order valence-corrected chi connectivity index (χ3v) is 7.33. The SMILES string of the molecule is Cn1ncc(C(=O)NC2CCCC(Nc3cc(-c4ccccc4)nc(-c4c[nH]c5c(F)cc(F)cc45)n3)C2)c1N. The Balaban J connectivity index is 1.29. The fraction of sp³-hybridized carbons (Fsp3) is 0.241. The zero-order chi connectivity index (χ0) is 27.8. The van der Waals surface area contributed by atoms with Crippen LogP contribution in [0, 0.1) is 11.6 Å². The van der Waals surface area contributed by atoms with E-state index in [0.717, 1.165) is 30.9 Å². The summed E-state index contributed by atoms with van der Waals surface area (Å²) in [5, 5.41) is 11.0. The number of halogens is 2. The van der Waals surface area contributed by atoms with E-state index in [2.05, 4.69) is 20.7 Å². The molecule has 0 saturated heterocycles. The molecule has 2 aromatic carbocycles. The number of nitrogen functional groups attached to an aromatic ring is 1. The normalized spacial score (nSPS) is 17.2. The third kappa shape index (κ3) is 4.97. The summed E-state index contributed by atoms with van der Waals surface area (Å²) in [6.45, 7) is 0. The number of rotatable bonds is 6. The number of amides is 1. The minimum Gasteiger partial charge on any atom is -0.383 e. The van der Waals surface area contributed by atoms with Crippen LogP contribution in [0.5, 0.6) is 0 Å². The first kappa shape index (κ1) is 25.5. The van der Waals surface area contributed by atoms with E-state index in [-0.39, 0.29) is 23.5 Å². The van der Waals surface area contributed by atoms with E-state index < -0.39 is 11.6 Å². The van der Waals surface area contributed by atoms with E-state index in [1.807, 2.05) is 36.4 Å². The number of hydrogen-bond acceptors (Lipinski definition) is 6. The molecule has 6 rings (SSSR count). The van der Waals surface area contributed by atoms with Crippen molar-refractivity contribution in [2.45, 2.75) is 37.8 Å². The molecule has 1 saturated carbocycles. The molecule has 2 atom stereocenters. The highest BCUT2D eigenvalue weighted by atomic mass is 19.1. The number of carbonyl (C=O) groups is 1. The van der Waals surface area contributed by atoms with Crippen LogP contribution in [-0.4, -0.2) is 42.7 Å². The second-order valence-electron chi connectivity index (χ2n) is 10.1. The Labute approximate surface area is 228 Å². The largest absolute Gasteiger partial charge is 0.383 e. The van der Waals surface area contributed by atoms with Gasteiger partial charge in [0.15, 0.2) is 5.82 Å². The molecule has 1 amide bonds. The molecular weight excluding hydrogens is 514 g/mol. The minimum atomic E-state index is -0.679. The van der Waals surface area contributed by atoms with Crippen molar-refractivity contribution in [1.82, 2.24) is 30.0 Å². The van der Waals surface area contributed by atoms with Crippen molar-refractivity contribution in [3.63, 3.8) is 0 Å². The Bertz CT molecular complexity index is 1700. The van der Waals surface area contributed by atoms with Crippen molar-refractivity contribution in [3.8, 4) is 22.6 Å². The molecule has 0 radical (unpaired) electrons. The molecule has 9 nitrogen and oxygen atoms in total. The van der Waals surface area contributed by atoms with Crippen LogP contribution in [0.4, 0.5) is 20.4 Å². The molecule has 1 aliphatic rings. The molecule has 5 N–H and O–H groups in total. The molecule has 0 bridgehead atoms. The van der Waals surface area contributed by atoms with Gasteiger partial charge in [-0.05, 0) is 31.7 Å². The highest BCUT2D eigenvalue weighted by Crippen LogP contribution is 2.32. The van der Waals surface area contributed by atoms with Gasteiger partial charge in [-0.25, -0.2) is 18.7 Å². The van der Waals surface area contributed by atoms with Gasteiger partial charge in [-0.2, -0.15) is 5.10 Å². The number of H-pyrrole nitrogens is 1. The Kier molecular flexibility index (Phi) is 6.63. The molecule has 2 unspecified atom stereocenters. The van der Waals surface area contributed by atoms with Crippen molar-refractivity contribution in [3.05, 3.63) is 78.1 Å². The van der Waals surface area contributed by atoms with E-state index in [0.29, 0.717) is 46.1 Å². The molecule has 3 heterocycles. The lowest BCUT2D eigenvalue weighted by atomic mass is 9.90. The van der Waals surface area contributed by atoms with Gasteiger partial charge in [0, 0.05) is 54.0 Å². The summed E-state index contributed by atoms with van der Waals surface area (Å²) in [5.74, 6) is -0.349. The van der Waals surface area contributed by atoms with E-state index in [4.69, 9.17) is 15.7 Å². The maximum Gasteiger partial charge on any atom is 0.256 e. The smallest absolute Gasteiger partial charge is 0.256 e. The van der Waals surface area contributed by atoms with Crippen molar-refractivity contribution >= 4 is 28.4 Å². The van der Waals surface area contributed by atoms with Gasteiger partial charge < -0.3 is 21.4 Å². The average molecular weight is 543 g/mol. The van der Waals surface area contributed by atoms with Crippen molar-refractivity contribution in [2.75, 3.05) is 11.1 Å². The molecule has 1 aliphatic carbocycles. The summed E-state index contributed by atoms with van der Waals surface area (Å²) in [5.41, 5.74) is 8.58. The van der Waals surface area contributed by atoms with Gasteiger partial charge in [-0.15, -0.1) is 0 Å². The summed E-state index contributed by atoms with van der Waals surface area (Å²) in [4.78, 5) is 25.2. The first-order valence-corrected chi connectivity index (χ1v) is 13.1. The first-order valence-electron chi connectivity index (χ1n) is 13.1. The number of aromatic nitrogens is 5. The number of benzene rings is 2. The summed E-state index contributed by atoms with van der Waals surface area (Å²) in [6, 6.07) is 13.6. The standard InChI is InChI=1S/C29H28F2N8O/c1-39-27(32)22(15-34-39)29(40)36-19-9-5-8-18(12-19)35-25-13-24(16-6-3-2-4-7-16)37-28(38-25)21-14-33-26-20(21)10-17(30)11-23(26)31/h2-4,6-7,10-11,13-15,18-19,33H,5,8-9,12,32H2,1H3,(H,36,40)(H,35,37,38). The van der Waals surface area contributed by atoms with Gasteiger partial charge in [0.05, 0.1) is 17.4 Å². The number of fused-ring (bicyclic) bond motifs is 1. The molecule has 0 spiro atoms. The topological polar surface area (TPSA) is 127 Å². The molecule has 1 fully saturated rings. The summed E-state index contributed by atoms with van der Waals surface area (Å²) < 4.78 is 30.0. The van der Waals surface area contributed by atoms with Gasteiger partial charge >= 0.3 is 0 Å². The number of hydrogen-bond donors (Lipinski definition) is 4. The Morgan fingerprint density at radius 1 is 1.10 bits per heavy atom. The minimum absolute atomic E-state index is 0.0366. The van der Waals surface area contributed by atoms with E-state index in [9.17, 15) is 13.6 Å². The Hall–Kier alpha value is -4.80. The van der Waals surface area contributed by atoms with Crippen LogP contribution in [0.1, 0.15) is 36.0 Å². The Morgan fingerprint density at radius 2 is 1.90 bits per heavy atom. The van der Waals surface area contributed by atoms with Crippen LogP contribution in [0.25, 0.3) is 33.5 Å². The number of nitrogens with two attached hydrogens (primary N) is 1. The number of aromatic amines is 1. The Morgan fingerprint density at radius 3 is 2.67 bits per heavy atom. The fourth-order valence-electron chi connectivity index (χ4n) is 5.28. The van der Waals surface area contributed by atoms with E-state index in [1.54, 1.807) is 13.2 Å². The molecule has 11 heteroatoms. The maximum atomic E-state index is 14.4. The molecule has 204 valence electrons. The zero-order valence-corrected chi connectivity index (χ0v) is 21.8.